The molecule has 2 rings (SSSR count). The van der Waals surface area contributed by atoms with Crippen LogP contribution in [0.3, 0.4) is 0 Å². The third-order valence-electron chi connectivity index (χ3n) is 3.89. The molecule has 0 aromatic heterocycles. The number of carbonyl (C=O) groups excluding carboxylic acids is 1. The minimum absolute atomic E-state index is 0.0637. The van der Waals surface area contributed by atoms with Gasteiger partial charge >= 0.3 is 0 Å². The van der Waals surface area contributed by atoms with Crippen LogP contribution >= 0.6 is 0 Å². The highest BCUT2D eigenvalue weighted by Crippen LogP contribution is 2.17. The fourth-order valence-electron chi connectivity index (χ4n) is 2.39. The fraction of sp³-hybridized carbons (Fsp3) is 0.278. The van der Waals surface area contributed by atoms with Crippen LogP contribution in [0.1, 0.15) is 30.5 Å². The highest BCUT2D eigenvalue weighted by Gasteiger charge is 2.11. The summed E-state index contributed by atoms with van der Waals surface area (Å²) in [4.78, 5) is 12.2. The summed E-state index contributed by atoms with van der Waals surface area (Å²) in [5.41, 5.74) is 1.87. The van der Waals surface area contributed by atoms with Crippen molar-refractivity contribution in [1.29, 1.82) is 0 Å². The highest BCUT2D eigenvalue weighted by atomic mass is 32.2. The molecule has 0 radical (unpaired) electrons. The van der Waals surface area contributed by atoms with Crippen LogP contribution in [0.25, 0.3) is 0 Å². The quantitative estimate of drug-likeness (QED) is 0.788. The molecule has 7 heteroatoms. The molecule has 25 heavy (non-hydrogen) atoms. The van der Waals surface area contributed by atoms with Crippen molar-refractivity contribution in [3.05, 3.63) is 59.7 Å². The first-order chi connectivity index (χ1) is 11.8. The van der Waals surface area contributed by atoms with Crippen molar-refractivity contribution in [3.8, 4) is 5.75 Å². The second-order valence-corrected chi connectivity index (χ2v) is 7.31. The van der Waals surface area contributed by atoms with Crippen LogP contribution in [0.15, 0.2) is 53.4 Å². The zero-order valence-corrected chi connectivity index (χ0v) is 15.0. The number of nitrogens with two attached hydrogens (primary N) is 1. The molecular formula is C18H22N2O4S. The zero-order chi connectivity index (χ0) is 18.4. The average Bonchev–Trinajstić information content (AvgIpc) is 2.59. The Labute approximate surface area is 148 Å². The van der Waals surface area contributed by atoms with Crippen molar-refractivity contribution in [3.63, 3.8) is 0 Å². The molecule has 134 valence electrons. The Morgan fingerprint density at radius 1 is 1.12 bits per heavy atom. The highest BCUT2D eigenvalue weighted by molar-refractivity contribution is 7.89. The molecule has 0 aliphatic heterocycles. The molecule has 0 saturated carbocycles. The number of primary sulfonamides is 1. The lowest BCUT2D eigenvalue weighted by molar-refractivity contribution is -0.121. The second-order valence-electron chi connectivity index (χ2n) is 5.75. The largest absolute Gasteiger partial charge is 0.497 e. The minimum Gasteiger partial charge on any atom is -0.497 e. The van der Waals surface area contributed by atoms with Gasteiger partial charge in [-0.15, -0.1) is 0 Å². The number of hydrogen-bond donors (Lipinski definition) is 2. The van der Waals surface area contributed by atoms with Gasteiger partial charge in [0.05, 0.1) is 18.0 Å². The summed E-state index contributed by atoms with van der Waals surface area (Å²) in [6.07, 6.45) is 0.835. The molecule has 0 spiro atoms. The predicted octanol–water partition coefficient (Wildman–Crippen LogP) is 2.15. The van der Waals surface area contributed by atoms with E-state index < -0.39 is 10.0 Å². The third-order valence-corrected chi connectivity index (χ3v) is 4.82. The smallest absolute Gasteiger partial charge is 0.238 e. The second kappa shape index (κ2) is 8.13. The molecule has 0 aliphatic carbocycles. The van der Waals surface area contributed by atoms with Crippen molar-refractivity contribution in [2.75, 3.05) is 7.11 Å². The Morgan fingerprint density at radius 2 is 1.72 bits per heavy atom. The molecule has 6 nitrogen and oxygen atoms in total. The van der Waals surface area contributed by atoms with Crippen LogP contribution in [0.2, 0.25) is 0 Å². The summed E-state index contributed by atoms with van der Waals surface area (Å²) < 4.78 is 27.5. The Kier molecular flexibility index (Phi) is 6.17. The predicted molar refractivity (Wildman–Crippen MR) is 95.7 cm³/mol. The standard InChI is InChI=1S/C18H22N2O4S/c1-13(15-6-8-16(24-2)9-7-15)20-18(21)12-5-14-3-10-17(11-4-14)25(19,22)23/h3-4,6-11,13H,5,12H2,1-2H3,(H,20,21)(H2,19,22,23)/t13-/m1/s1. The van der Waals surface area contributed by atoms with Crippen LogP contribution in [0.5, 0.6) is 5.75 Å². The molecule has 1 amide bonds. The number of benzene rings is 2. The topological polar surface area (TPSA) is 98.5 Å². The third kappa shape index (κ3) is 5.58. The SMILES string of the molecule is COc1ccc([C@@H](C)NC(=O)CCc2ccc(S(N)(=O)=O)cc2)cc1. The number of hydrogen-bond acceptors (Lipinski definition) is 4. The molecule has 0 saturated heterocycles. The lowest BCUT2D eigenvalue weighted by atomic mass is 10.1. The molecule has 1 atom stereocenters. The Morgan fingerprint density at radius 3 is 2.24 bits per heavy atom. The molecular weight excluding hydrogens is 340 g/mol. The van der Waals surface area contributed by atoms with Crippen molar-refractivity contribution in [2.45, 2.75) is 30.7 Å². The maximum absolute atomic E-state index is 12.1. The van der Waals surface area contributed by atoms with Gasteiger partial charge in [-0.3, -0.25) is 4.79 Å². The van der Waals surface area contributed by atoms with Gasteiger partial charge < -0.3 is 10.1 Å². The first-order valence-electron chi connectivity index (χ1n) is 7.84. The molecule has 2 aromatic carbocycles. The maximum atomic E-state index is 12.1. The molecule has 0 heterocycles. The molecule has 0 fully saturated rings. The lowest BCUT2D eigenvalue weighted by Crippen LogP contribution is -2.26. The van der Waals surface area contributed by atoms with E-state index in [9.17, 15) is 13.2 Å². The monoisotopic (exact) mass is 362 g/mol. The Hall–Kier alpha value is -2.38. The molecule has 0 bridgehead atoms. The van der Waals surface area contributed by atoms with E-state index in [0.717, 1.165) is 16.9 Å². The van der Waals surface area contributed by atoms with Crippen LogP contribution < -0.4 is 15.2 Å². The van der Waals surface area contributed by atoms with Gasteiger partial charge in [-0.2, -0.15) is 0 Å². The number of sulfonamides is 1. The van der Waals surface area contributed by atoms with E-state index in [0.29, 0.717) is 12.8 Å². The average molecular weight is 362 g/mol. The van der Waals surface area contributed by atoms with Crippen LogP contribution in [0.4, 0.5) is 0 Å². The molecule has 0 aliphatic rings. The van der Waals surface area contributed by atoms with Gasteiger partial charge in [0.15, 0.2) is 0 Å². The van der Waals surface area contributed by atoms with E-state index >= 15 is 0 Å². The van der Waals surface area contributed by atoms with Crippen molar-refractivity contribution >= 4 is 15.9 Å². The Balaban J connectivity index is 1.87. The molecule has 0 unspecified atom stereocenters. The van der Waals surface area contributed by atoms with Gasteiger partial charge in [0, 0.05) is 6.42 Å². The van der Waals surface area contributed by atoms with Crippen molar-refractivity contribution < 1.29 is 17.9 Å². The molecule has 3 N–H and O–H groups in total. The van der Waals surface area contributed by atoms with Gasteiger partial charge in [-0.25, -0.2) is 13.6 Å². The first kappa shape index (κ1) is 19.0. The van der Waals surface area contributed by atoms with E-state index in [-0.39, 0.29) is 16.8 Å². The summed E-state index contributed by atoms with van der Waals surface area (Å²) in [5, 5.41) is 8.00. The van der Waals surface area contributed by atoms with Crippen LogP contribution in [-0.2, 0) is 21.2 Å². The molecule has 2 aromatic rings. The van der Waals surface area contributed by atoms with Gasteiger partial charge in [0.1, 0.15) is 5.75 Å². The summed E-state index contributed by atoms with van der Waals surface area (Å²) in [6, 6.07) is 13.6. The maximum Gasteiger partial charge on any atom is 0.238 e. The fourth-order valence-corrected chi connectivity index (χ4v) is 2.91. The summed E-state index contributed by atoms with van der Waals surface area (Å²) in [5.74, 6) is 0.698. The first-order valence-corrected chi connectivity index (χ1v) is 9.39. The van der Waals surface area contributed by atoms with Crippen molar-refractivity contribution in [2.24, 2.45) is 5.14 Å². The van der Waals surface area contributed by atoms with Crippen LogP contribution in [0, 0.1) is 0 Å². The van der Waals surface area contributed by atoms with E-state index in [2.05, 4.69) is 5.32 Å². The van der Waals surface area contributed by atoms with E-state index in [4.69, 9.17) is 9.88 Å². The van der Waals surface area contributed by atoms with Crippen LogP contribution in [-0.4, -0.2) is 21.4 Å². The Bertz CT molecular complexity index is 815. The van der Waals surface area contributed by atoms with Gasteiger partial charge in [-0.1, -0.05) is 24.3 Å². The number of rotatable bonds is 7. The lowest BCUT2D eigenvalue weighted by Gasteiger charge is -2.15. The van der Waals surface area contributed by atoms with Gasteiger partial charge in [0.25, 0.3) is 0 Å². The normalized spacial score (nSPS) is 12.4. The number of amides is 1. The number of ether oxygens (including phenoxy) is 1. The van der Waals surface area contributed by atoms with E-state index in [1.54, 1.807) is 19.2 Å². The van der Waals surface area contributed by atoms with Gasteiger partial charge in [0.2, 0.25) is 15.9 Å². The zero-order valence-electron chi connectivity index (χ0n) is 14.2. The number of methoxy groups -OCH3 is 1. The summed E-state index contributed by atoms with van der Waals surface area (Å²) in [7, 11) is -2.08. The van der Waals surface area contributed by atoms with Gasteiger partial charge in [-0.05, 0) is 48.7 Å². The number of carbonyl (C=O) groups is 1. The van der Waals surface area contributed by atoms with Crippen molar-refractivity contribution in [1.82, 2.24) is 5.32 Å². The minimum atomic E-state index is -3.69. The van der Waals surface area contributed by atoms with E-state index in [1.807, 2.05) is 31.2 Å². The summed E-state index contributed by atoms with van der Waals surface area (Å²) in [6.45, 7) is 1.92. The number of nitrogens with one attached hydrogen (secondary N) is 1. The summed E-state index contributed by atoms with van der Waals surface area (Å²) >= 11 is 0. The number of aryl methyl sites for hydroxylation is 1. The van der Waals surface area contributed by atoms with E-state index in [1.165, 1.54) is 12.1 Å².